The van der Waals surface area contributed by atoms with Crippen LogP contribution in [-0.2, 0) is 0 Å². The Morgan fingerprint density at radius 2 is 2.00 bits per heavy atom. The molecule has 1 heterocycles. The molecule has 1 aromatic rings. The van der Waals surface area contributed by atoms with Crippen molar-refractivity contribution >= 4 is 0 Å². The lowest BCUT2D eigenvalue weighted by Crippen LogP contribution is -2.45. The molecule has 21 heavy (non-hydrogen) atoms. The van der Waals surface area contributed by atoms with Gasteiger partial charge in [-0.1, -0.05) is 12.1 Å². The summed E-state index contributed by atoms with van der Waals surface area (Å²) in [7, 11) is 1.58. The van der Waals surface area contributed by atoms with Crippen molar-refractivity contribution in [1.82, 2.24) is 4.90 Å². The normalized spacial score (nSPS) is 22.0. The molecule has 1 aromatic carbocycles. The van der Waals surface area contributed by atoms with Crippen LogP contribution in [0.25, 0.3) is 0 Å². The van der Waals surface area contributed by atoms with Gasteiger partial charge in [-0.2, -0.15) is 13.2 Å². The summed E-state index contributed by atoms with van der Waals surface area (Å²) in [6.45, 7) is 0.981. The quantitative estimate of drug-likeness (QED) is 0.929. The number of hydrogen-bond acceptors (Lipinski definition) is 3. The van der Waals surface area contributed by atoms with Gasteiger partial charge in [0.2, 0.25) is 0 Å². The van der Waals surface area contributed by atoms with Crippen LogP contribution in [0.4, 0.5) is 13.2 Å². The van der Waals surface area contributed by atoms with Gasteiger partial charge in [-0.05, 0) is 37.1 Å². The van der Waals surface area contributed by atoms with Gasteiger partial charge in [-0.25, -0.2) is 0 Å². The maximum absolute atomic E-state index is 12.9. The minimum Gasteiger partial charge on any atom is -0.497 e. The highest BCUT2D eigenvalue weighted by Gasteiger charge is 2.42. The molecule has 0 bridgehead atoms. The third-order valence-corrected chi connectivity index (χ3v) is 4.08. The average Bonchev–Trinajstić information content (AvgIpc) is 2.48. The van der Waals surface area contributed by atoms with Crippen LogP contribution in [0.15, 0.2) is 24.3 Å². The molecule has 0 amide bonds. The van der Waals surface area contributed by atoms with E-state index in [1.165, 1.54) is 0 Å². The van der Waals surface area contributed by atoms with Crippen molar-refractivity contribution in [3.8, 4) is 5.75 Å². The number of nitrogens with two attached hydrogens (primary N) is 1. The smallest absolute Gasteiger partial charge is 0.393 e. The van der Waals surface area contributed by atoms with Gasteiger partial charge in [0, 0.05) is 19.1 Å². The van der Waals surface area contributed by atoms with Crippen molar-refractivity contribution < 1.29 is 17.9 Å². The zero-order valence-corrected chi connectivity index (χ0v) is 12.1. The monoisotopic (exact) mass is 302 g/mol. The predicted molar refractivity (Wildman–Crippen MR) is 75.1 cm³/mol. The number of nitrogens with zero attached hydrogens (tertiary/aromatic N) is 1. The molecule has 3 nitrogen and oxygen atoms in total. The number of rotatable bonds is 4. The van der Waals surface area contributed by atoms with Gasteiger partial charge in [0.25, 0.3) is 0 Å². The Balaban J connectivity index is 2.12. The summed E-state index contributed by atoms with van der Waals surface area (Å²) in [6, 6.07) is 7.18. The summed E-state index contributed by atoms with van der Waals surface area (Å²) in [5.74, 6) is -0.528. The zero-order chi connectivity index (χ0) is 15.5. The molecule has 1 saturated heterocycles. The molecule has 0 aliphatic carbocycles. The van der Waals surface area contributed by atoms with Gasteiger partial charge in [0.1, 0.15) is 5.75 Å². The Hall–Kier alpha value is -1.27. The molecule has 0 saturated carbocycles. The van der Waals surface area contributed by atoms with E-state index in [2.05, 4.69) is 0 Å². The van der Waals surface area contributed by atoms with Crippen molar-refractivity contribution in [2.24, 2.45) is 11.7 Å². The Morgan fingerprint density at radius 3 is 2.52 bits per heavy atom. The van der Waals surface area contributed by atoms with Crippen LogP contribution in [0.1, 0.15) is 24.4 Å². The topological polar surface area (TPSA) is 38.5 Å². The fourth-order valence-electron chi connectivity index (χ4n) is 2.88. The first-order chi connectivity index (χ1) is 9.95. The fourth-order valence-corrected chi connectivity index (χ4v) is 2.88. The number of hydrogen-bond donors (Lipinski definition) is 1. The summed E-state index contributed by atoms with van der Waals surface area (Å²) in [5, 5.41) is 0. The molecule has 0 spiro atoms. The third-order valence-electron chi connectivity index (χ3n) is 4.08. The molecule has 0 radical (unpaired) electrons. The molecule has 118 valence electrons. The molecule has 2 unspecified atom stereocenters. The number of ether oxygens (including phenoxy) is 1. The van der Waals surface area contributed by atoms with Crippen LogP contribution < -0.4 is 10.5 Å². The van der Waals surface area contributed by atoms with E-state index >= 15 is 0 Å². The molecule has 1 aliphatic heterocycles. The van der Waals surface area contributed by atoms with Crippen molar-refractivity contribution in [1.29, 1.82) is 0 Å². The van der Waals surface area contributed by atoms with Gasteiger partial charge >= 0.3 is 6.18 Å². The highest BCUT2D eigenvalue weighted by Crippen LogP contribution is 2.36. The second-order valence-electron chi connectivity index (χ2n) is 5.40. The number of halogens is 3. The highest BCUT2D eigenvalue weighted by molar-refractivity contribution is 5.29. The first-order valence-electron chi connectivity index (χ1n) is 7.10. The maximum atomic E-state index is 12.9. The molecular weight excluding hydrogens is 281 g/mol. The SMILES string of the molecule is COc1ccc(C(CN)N2CCCC(C(F)(F)F)C2)cc1. The van der Waals surface area contributed by atoms with Gasteiger partial charge in [0.15, 0.2) is 0 Å². The van der Waals surface area contributed by atoms with Crippen LogP contribution in [0.5, 0.6) is 5.75 Å². The summed E-state index contributed by atoms with van der Waals surface area (Å²) in [5.41, 5.74) is 6.74. The van der Waals surface area contributed by atoms with Gasteiger partial charge in [-0.3, -0.25) is 4.90 Å². The van der Waals surface area contributed by atoms with Crippen molar-refractivity contribution in [3.05, 3.63) is 29.8 Å². The van der Waals surface area contributed by atoms with Gasteiger partial charge in [-0.15, -0.1) is 0 Å². The minimum absolute atomic E-state index is 0.0252. The van der Waals surface area contributed by atoms with E-state index in [-0.39, 0.29) is 19.0 Å². The van der Waals surface area contributed by atoms with Gasteiger partial charge < -0.3 is 10.5 Å². The lowest BCUT2D eigenvalue weighted by Gasteiger charge is -2.38. The molecule has 2 atom stereocenters. The van der Waals surface area contributed by atoms with Crippen LogP contribution in [0.3, 0.4) is 0 Å². The molecule has 2 rings (SSSR count). The molecular formula is C15H21F3N2O. The standard InChI is InChI=1S/C15H21F3N2O/c1-21-13-6-4-11(5-7-13)14(9-19)20-8-2-3-12(10-20)15(16,17)18/h4-7,12,14H,2-3,8-10,19H2,1H3. The van der Waals surface area contributed by atoms with E-state index < -0.39 is 12.1 Å². The lowest BCUT2D eigenvalue weighted by molar-refractivity contribution is -0.188. The Morgan fingerprint density at radius 1 is 1.33 bits per heavy atom. The number of methoxy groups -OCH3 is 1. The maximum Gasteiger partial charge on any atom is 0.393 e. The predicted octanol–water partition coefficient (Wildman–Crippen LogP) is 2.97. The van der Waals surface area contributed by atoms with Crippen molar-refractivity contribution in [3.63, 3.8) is 0 Å². The van der Waals surface area contributed by atoms with E-state index in [1.807, 2.05) is 29.2 Å². The Bertz CT molecular complexity index is 447. The number of likely N-dealkylation sites (tertiary alicyclic amines) is 1. The molecule has 1 fully saturated rings. The fraction of sp³-hybridized carbons (Fsp3) is 0.600. The first kappa shape index (κ1) is 16.1. The highest BCUT2D eigenvalue weighted by atomic mass is 19.4. The van der Waals surface area contributed by atoms with Crippen LogP contribution >= 0.6 is 0 Å². The molecule has 1 aliphatic rings. The van der Waals surface area contributed by atoms with Crippen LogP contribution in [0, 0.1) is 5.92 Å². The summed E-state index contributed by atoms with van der Waals surface area (Å²) >= 11 is 0. The largest absolute Gasteiger partial charge is 0.497 e. The van der Waals surface area contributed by atoms with E-state index in [0.717, 1.165) is 11.3 Å². The molecule has 6 heteroatoms. The number of piperidine rings is 1. The summed E-state index contributed by atoms with van der Waals surface area (Å²) in [4.78, 5) is 1.85. The third kappa shape index (κ3) is 3.89. The second kappa shape index (κ2) is 6.66. The molecule has 2 N–H and O–H groups in total. The van der Waals surface area contributed by atoms with Crippen molar-refractivity contribution in [2.45, 2.75) is 25.1 Å². The molecule has 0 aromatic heterocycles. The van der Waals surface area contributed by atoms with Crippen molar-refractivity contribution in [2.75, 3.05) is 26.7 Å². The Kier molecular flexibility index (Phi) is 5.11. The lowest BCUT2D eigenvalue weighted by atomic mass is 9.94. The van der Waals surface area contributed by atoms with E-state index in [0.29, 0.717) is 19.5 Å². The number of alkyl halides is 3. The zero-order valence-electron chi connectivity index (χ0n) is 12.1. The Labute approximate surface area is 122 Å². The second-order valence-corrected chi connectivity index (χ2v) is 5.40. The summed E-state index contributed by atoms with van der Waals surface area (Å²) < 4.78 is 43.8. The number of benzene rings is 1. The van der Waals surface area contributed by atoms with E-state index in [4.69, 9.17) is 10.5 Å². The first-order valence-corrected chi connectivity index (χ1v) is 7.10. The van der Waals surface area contributed by atoms with E-state index in [9.17, 15) is 13.2 Å². The van der Waals surface area contributed by atoms with Gasteiger partial charge in [0.05, 0.1) is 13.0 Å². The van der Waals surface area contributed by atoms with Crippen LogP contribution in [0.2, 0.25) is 0 Å². The average molecular weight is 302 g/mol. The van der Waals surface area contributed by atoms with Crippen LogP contribution in [-0.4, -0.2) is 37.8 Å². The summed E-state index contributed by atoms with van der Waals surface area (Å²) in [6.07, 6.45) is -3.37. The van der Waals surface area contributed by atoms with E-state index in [1.54, 1.807) is 7.11 Å². The minimum atomic E-state index is -4.13.